The fourth-order valence-corrected chi connectivity index (χ4v) is 2.11. The number of nitrogens with zero attached hydrogens (tertiary/aromatic N) is 1. The molecule has 1 N–H and O–H groups in total. The maximum Gasteiger partial charge on any atom is 0.248 e. The topological polar surface area (TPSA) is 49.4 Å². The maximum absolute atomic E-state index is 11.7. The zero-order valence-electron chi connectivity index (χ0n) is 11.3. The summed E-state index contributed by atoms with van der Waals surface area (Å²) >= 11 is 0. The van der Waals surface area contributed by atoms with Crippen LogP contribution in [-0.4, -0.2) is 18.4 Å². The van der Waals surface area contributed by atoms with Crippen LogP contribution in [0.4, 0.5) is 11.4 Å². The Labute approximate surface area is 113 Å². The summed E-state index contributed by atoms with van der Waals surface area (Å²) < 4.78 is 0. The van der Waals surface area contributed by atoms with E-state index in [2.05, 4.69) is 5.32 Å². The highest BCUT2D eigenvalue weighted by Crippen LogP contribution is 2.24. The molecular formula is C15H18N2O2. The predicted molar refractivity (Wildman–Crippen MR) is 76.1 cm³/mol. The van der Waals surface area contributed by atoms with Crippen LogP contribution in [0.3, 0.4) is 0 Å². The molecule has 4 nitrogen and oxygen atoms in total. The average Bonchev–Trinajstić information content (AvgIpc) is 2.74. The molecule has 2 amide bonds. The van der Waals surface area contributed by atoms with Crippen molar-refractivity contribution in [3.8, 4) is 0 Å². The van der Waals surface area contributed by atoms with E-state index in [0.29, 0.717) is 12.1 Å². The molecule has 0 aromatic heterocycles. The van der Waals surface area contributed by atoms with E-state index < -0.39 is 0 Å². The van der Waals surface area contributed by atoms with Gasteiger partial charge in [0.1, 0.15) is 0 Å². The third kappa shape index (κ3) is 3.44. The highest BCUT2D eigenvalue weighted by Gasteiger charge is 2.21. The second-order valence-corrected chi connectivity index (χ2v) is 4.91. The number of allylic oxidation sites excluding steroid dienone is 1. The van der Waals surface area contributed by atoms with Crippen LogP contribution in [0.5, 0.6) is 0 Å². The van der Waals surface area contributed by atoms with Crippen molar-refractivity contribution in [2.75, 3.05) is 16.8 Å². The first-order chi connectivity index (χ1) is 9.06. The Balaban J connectivity index is 2.13. The van der Waals surface area contributed by atoms with Gasteiger partial charge in [-0.15, -0.1) is 0 Å². The first-order valence-electron chi connectivity index (χ1n) is 6.42. The third-order valence-corrected chi connectivity index (χ3v) is 2.92. The quantitative estimate of drug-likeness (QED) is 0.847. The van der Waals surface area contributed by atoms with Gasteiger partial charge in [0.05, 0.1) is 0 Å². The van der Waals surface area contributed by atoms with Crippen LogP contribution in [-0.2, 0) is 9.59 Å². The molecule has 100 valence electrons. The number of anilines is 2. The molecule has 1 fully saturated rings. The number of carbonyl (C=O) groups excluding carboxylic acids is 2. The van der Waals surface area contributed by atoms with E-state index in [1.807, 2.05) is 38.1 Å². The smallest absolute Gasteiger partial charge is 0.248 e. The monoisotopic (exact) mass is 258 g/mol. The van der Waals surface area contributed by atoms with Gasteiger partial charge in [0.15, 0.2) is 0 Å². The molecule has 0 atom stereocenters. The van der Waals surface area contributed by atoms with Gasteiger partial charge < -0.3 is 10.2 Å². The summed E-state index contributed by atoms with van der Waals surface area (Å²) in [6.45, 7) is 4.50. The number of rotatable bonds is 3. The molecule has 0 spiro atoms. The van der Waals surface area contributed by atoms with Gasteiger partial charge in [-0.25, -0.2) is 0 Å². The first kappa shape index (κ1) is 13.3. The lowest BCUT2D eigenvalue weighted by Gasteiger charge is -2.16. The lowest BCUT2D eigenvalue weighted by Crippen LogP contribution is -2.23. The fraction of sp³-hybridized carbons (Fsp3) is 0.333. The third-order valence-electron chi connectivity index (χ3n) is 2.92. The minimum absolute atomic E-state index is 0.146. The van der Waals surface area contributed by atoms with E-state index in [0.717, 1.165) is 24.2 Å². The van der Waals surface area contributed by atoms with Crippen LogP contribution >= 0.6 is 0 Å². The Hall–Kier alpha value is -2.10. The molecule has 19 heavy (non-hydrogen) atoms. The molecule has 0 bridgehead atoms. The number of nitrogens with one attached hydrogen (secondary N) is 1. The molecule has 1 aromatic rings. The van der Waals surface area contributed by atoms with E-state index in [-0.39, 0.29) is 11.8 Å². The van der Waals surface area contributed by atoms with Crippen molar-refractivity contribution in [3.63, 3.8) is 0 Å². The summed E-state index contributed by atoms with van der Waals surface area (Å²) in [5.74, 6) is -0.00215. The highest BCUT2D eigenvalue weighted by molar-refractivity contribution is 6.01. The van der Waals surface area contributed by atoms with Crippen LogP contribution in [0.15, 0.2) is 35.9 Å². The van der Waals surface area contributed by atoms with Crippen LogP contribution < -0.4 is 10.2 Å². The molecule has 1 aliphatic rings. The van der Waals surface area contributed by atoms with E-state index >= 15 is 0 Å². The molecule has 0 radical (unpaired) electrons. The van der Waals surface area contributed by atoms with Crippen molar-refractivity contribution in [3.05, 3.63) is 35.9 Å². The number of amides is 2. The zero-order chi connectivity index (χ0) is 13.8. The Morgan fingerprint density at radius 1 is 1.37 bits per heavy atom. The normalized spacial score (nSPS) is 14.4. The van der Waals surface area contributed by atoms with E-state index in [4.69, 9.17) is 0 Å². The molecule has 4 heteroatoms. The largest absolute Gasteiger partial charge is 0.322 e. The number of hydrogen-bond acceptors (Lipinski definition) is 2. The van der Waals surface area contributed by atoms with E-state index in [9.17, 15) is 9.59 Å². The van der Waals surface area contributed by atoms with E-state index in [1.54, 1.807) is 11.0 Å². The average molecular weight is 258 g/mol. The van der Waals surface area contributed by atoms with Crippen molar-refractivity contribution in [2.45, 2.75) is 26.7 Å². The Kier molecular flexibility index (Phi) is 4.00. The minimum Gasteiger partial charge on any atom is -0.322 e. The van der Waals surface area contributed by atoms with Gasteiger partial charge in [0, 0.05) is 30.4 Å². The molecule has 0 aliphatic carbocycles. The first-order valence-corrected chi connectivity index (χ1v) is 6.42. The number of benzene rings is 1. The standard InChI is InChI=1S/C15H18N2O2/c1-11(2)9-14(18)16-12-5-3-6-13(10-12)17-8-4-7-15(17)19/h3,5-6,9-10H,4,7-8H2,1-2H3,(H,16,18). The van der Waals surface area contributed by atoms with Crippen LogP contribution in [0.2, 0.25) is 0 Å². The predicted octanol–water partition coefficient (Wildman–Crippen LogP) is 2.72. The summed E-state index contributed by atoms with van der Waals surface area (Å²) in [6, 6.07) is 7.39. The van der Waals surface area contributed by atoms with Crippen LogP contribution in [0.25, 0.3) is 0 Å². The summed E-state index contributed by atoms with van der Waals surface area (Å²) in [5, 5.41) is 2.80. The lowest BCUT2D eigenvalue weighted by atomic mass is 10.2. The molecule has 1 aromatic carbocycles. The second-order valence-electron chi connectivity index (χ2n) is 4.91. The van der Waals surface area contributed by atoms with Crippen molar-refractivity contribution in [1.29, 1.82) is 0 Å². The SMILES string of the molecule is CC(C)=CC(=O)Nc1cccc(N2CCCC2=O)c1. The van der Waals surface area contributed by atoms with Gasteiger partial charge >= 0.3 is 0 Å². The minimum atomic E-state index is -0.148. The summed E-state index contributed by atoms with van der Waals surface area (Å²) in [6.07, 6.45) is 3.05. The molecule has 1 heterocycles. The summed E-state index contributed by atoms with van der Waals surface area (Å²) in [7, 11) is 0. The fourth-order valence-electron chi connectivity index (χ4n) is 2.11. The maximum atomic E-state index is 11.7. The van der Waals surface area contributed by atoms with Gasteiger partial charge in [-0.3, -0.25) is 9.59 Å². The lowest BCUT2D eigenvalue weighted by molar-refractivity contribution is -0.117. The Morgan fingerprint density at radius 2 is 2.16 bits per heavy atom. The van der Waals surface area contributed by atoms with Crippen molar-refractivity contribution < 1.29 is 9.59 Å². The van der Waals surface area contributed by atoms with Crippen LogP contribution in [0, 0.1) is 0 Å². The second kappa shape index (κ2) is 5.69. The van der Waals surface area contributed by atoms with Gasteiger partial charge in [0.25, 0.3) is 0 Å². The van der Waals surface area contributed by atoms with Crippen molar-refractivity contribution >= 4 is 23.2 Å². The van der Waals surface area contributed by atoms with Gasteiger partial charge in [-0.05, 0) is 38.5 Å². The molecule has 1 saturated heterocycles. The molecular weight excluding hydrogens is 240 g/mol. The van der Waals surface area contributed by atoms with Crippen LogP contribution in [0.1, 0.15) is 26.7 Å². The number of carbonyl (C=O) groups is 2. The van der Waals surface area contributed by atoms with E-state index in [1.165, 1.54) is 0 Å². The molecule has 2 rings (SSSR count). The number of hydrogen-bond donors (Lipinski definition) is 1. The molecule has 0 saturated carbocycles. The van der Waals surface area contributed by atoms with Crippen molar-refractivity contribution in [1.82, 2.24) is 0 Å². The summed E-state index contributed by atoms with van der Waals surface area (Å²) in [5.41, 5.74) is 2.50. The van der Waals surface area contributed by atoms with Gasteiger partial charge in [-0.2, -0.15) is 0 Å². The highest BCUT2D eigenvalue weighted by atomic mass is 16.2. The van der Waals surface area contributed by atoms with Crippen molar-refractivity contribution in [2.24, 2.45) is 0 Å². The van der Waals surface area contributed by atoms with Gasteiger partial charge in [0.2, 0.25) is 11.8 Å². The zero-order valence-corrected chi connectivity index (χ0v) is 11.3. The van der Waals surface area contributed by atoms with Gasteiger partial charge in [-0.1, -0.05) is 11.6 Å². The summed E-state index contributed by atoms with van der Waals surface area (Å²) in [4.78, 5) is 25.1. The molecule has 1 aliphatic heterocycles. The Morgan fingerprint density at radius 3 is 2.79 bits per heavy atom. The Bertz CT molecular complexity index is 531. The molecule has 0 unspecified atom stereocenters.